The molecule has 1 aliphatic heterocycles. The molecular weight excluding hydrogens is 345 g/mol. The Balaban J connectivity index is 2.11. The highest BCUT2D eigenvalue weighted by Crippen LogP contribution is 2.26. The van der Waals surface area contributed by atoms with E-state index >= 15 is 0 Å². The minimum Gasteiger partial charge on any atom is -0.479 e. The smallest absolute Gasteiger partial charge is 0.343 e. The number of halogens is 1. The fourth-order valence-corrected chi connectivity index (χ4v) is 4.14. The summed E-state index contributed by atoms with van der Waals surface area (Å²) in [6.45, 7) is 3.46. The van der Waals surface area contributed by atoms with Crippen LogP contribution in [0.3, 0.4) is 0 Å². The van der Waals surface area contributed by atoms with Crippen LogP contribution in [0.4, 0.5) is 4.39 Å². The van der Waals surface area contributed by atoms with E-state index < -0.39 is 40.2 Å². The highest BCUT2D eigenvalue weighted by Gasteiger charge is 2.47. The standard InChI is InChI=1S/C13H18FN3O6S/c1-7-10(9(3)23-15-7)24(21,22)16-8(2)11(18)17-5-4-13(14,6-17)12(19)20/h8,16H,4-6H2,1-3H3,(H,19,20). The van der Waals surface area contributed by atoms with Gasteiger partial charge in [0, 0.05) is 13.0 Å². The summed E-state index contributed by atoms with van der Waals surface area (Å²) in [7, 11) is -4.06. The van der Waals surface area contributed by atoms with Gasteiger partial charge in [0.1, 0.15) is 10.6 Å². The number of aromatic nitrogens is 1. The van der Waals surface area contributed by atoms with E-state index in [2.05, 4.69) is 9.88 Å². The molecule has 2 heterocycles. The molecule has 0 radical (unpaired) electrons. The van der Waals surface area contributed by atoms with Crippen LogP contribution >= 0.6 is 0 Å². The maximum atomic E-state index is 14.0. The van der Waals surface area contributed by atoms with E-state index in [-0.39, 0.29) is 29.3 Å². The van der Waals surface area contributed by atoms with Crippen molar-refractivity contribution in [3.8, 4) is 0 Å². The van der Waals surface area contributed by atoms with Crippen molar-refractivity contribution in [2.75, 3.05) is 13.1 Å². The summed E-state index contributed by atoms with van der Waals surface area (Å²) in [5.41, 5.74) is -2.36. The van der Waals surface area contributed by atoms with Gasteiger partial charge in [-0.2, -0.15) is 4.72 Å². The Morgan fingerprint density at radius 2 is 2.08 bits per heavy atom. The molecule has 134 valence electrons. The third-order valence-corrected chi connectivity index (χ3v) is 5.64. The SMILES string of the molecule is Cc1noc(C)c1S(=O)(=O)NC(C)C(=O)N1CCC(F)(C(=O)O)C1. The van der Waals surface area contributed by atoms with Gasteiger partial charge < -0.3 is 14.5 Å². The van der Waals surface area contributed by atoms with E-state index in [0.29, 0.717) is 0 Å². The molecule has 1 saturated heterocycles. The van der Waals surface area contributed by atoms with Gasteiger partial charge in [0.2, 0.25) is 21.6 Å². The number of aliphatic carboxylic acids is 1. The van der Waals surface area contributed by atoms with Crippen molar-refractivity contribution in [3.63, 3.8) is 0 Å². The van der Waals surface area contributed by atoms with E-state index in [1.165, 1.54) is 20.8 Å². The lowest BCUT2D eigenvalue weighted by Gasteiger charge is -2.22. The summed E-state index contributed by atoms with van der Waals surface area (Å²) in [5.74, 6) is -2.26. The molecular formula is C13H18FN3O6S. The highest BCUT2D eigenvalue weighted by molar-refractivity contribution is 7.89. The van der Waals surface area contributed by atoms with Gasteiger partial charge in [-0.05, 0) is 20.8 Å². The fraction of sp³-hybridized carbons (Fsp3) is 0.615. The summed E-state index contributed by atoms with van der Waals surface area (Å²) >= 11 is 0. The summed E-state index contributed by atoms with van der Waals surface area (Å²) in [4.78, 5) is 24.0. The molecule has 2 rings (SSSR count). The monoisotopic (exact) mass is 363 g/mol. The number of aryl methyl sites for hydroxylation is 2. The van der Waals surface area contributed by atoms with Crippen molar-refractivity contribution in [2.45, 2.75) is 43.8 Å². The second-order valence-corrected chi connectivity index (χ2v) is 7.43. The van der Waals surface area contributed by atoms with Crippen LogP contribution in [0, 0.1) is 13.8 Å². The van der Waals surface area contributed by atoms with Crippen molar-refractivity contribution in [1.82, 2.24) is 14.8 Å². The van der Waals surface area contributed by atoms with Gasteiger partial charge in [0.25, 0.3) is 0 Å². The lowest BCUT2D eigenvalue weighted by molar-refractivity contribution is -0.150. The Morgan fingerprint density at radius 1 is 1.46 bits per heavy atom. The van der Waals surface area contributed by atoms with E-state index in [1.54, 1.807) is 0 Å². The Hall–Kier alpha value is -2.01. The molecule has 2 atom stereocenters. The number of carbonyl (C=O) groups is 2. The fourth-order valence-electron chi connectivity index (χ4n) is 2.61. The van der Waals surface area contributed by atoms with Crippen LogP contribution in [0.15, 0.2) is 9.42 Å². The van der Waals surface area contributed by atoms with Crippen LogP contribution in [0.25, 0.3) is 0 Å². The lowest BCUT2D eigenvalue weighted by Crippen LogP contribution is -2.47. The molecule has 9 nitrogen and oxygen atoms in total. The maximum absolute atomic E-state index is 14.0. The molecule has 2 unspecified atom stereocenters. The number of carbonyl (C=O) groups excluding carboxylic acids is 1. The van der Waals surface area contributed by atoms with Gasteiger partial charge in [0.05, 0.1) is 12.6 Å². The molecule has 1 aliphatic rings. The average molecular weight is 363 g/mol. The van der Waals surface area contributed by atoms with Crippen LogP contribution in [-0.2, 0) is 19.6 Å². The van der Waals surface area contributed by atoms with Gasteiger partial charge in [-0.1, -0.05) is 5.16 Å². The summed E-state index contributed by atoms with van der Waals surface area (Å²) < 4.78 is 45.7. The molecule has 0 spiro atoms. The molecule has 1 aromatic heterocycles. The van der Waals surface area contributed by atoms with Crippen molar-refractivity contribution in [2.24, 2.45) is 0 Å². The number of amides is 1. The van der Waals surface area contributed by atoms with Gasteiger partial charge in [-0.25, -0.2) is 17.6 Å². The van der Waals surface area contributed by atoms with Crippen LogP contribution in [-0.4, -0.2) is 60.3 Å². The number of nitrogens with zero attached hydrogens (tertiary/aromatic N) is 2. The Morgan fingerprint density at radius 3 is 2.54 bits per heavy atom. The molecule has 0 saturated carbocycles. The van der Waals surface area contributed by atoms with Gasteiger partial charge in [0.15, 0.2) is 5.76 Å². The number of hydrogen-bond donors (Lipinski definition) is 2. The average Bonchev–Trinajstić information content (AvgIpc) is 3.02. The topological polar surface area (TPSA) is 130 Å². The second-order valence-electron chi connectivity index (χ2n) is 5.78. The summed E-state index contributed by atoms with van der Waals surface area (Å²) in [5, 5.41) is 12.4. The second kappa shape index (κ2) is 6.13. The Labute approximate surface area is 137 Å². The quantitative estimate of drug-likeness (QED) is 0.752. The normalized spacial score (nSPS) is 22.6. The predicted molar refractivity (Wildman–Crippen MR) is 78.4 cm³/mol. The minimum absolute atomic E-state index is 0.0782. The van der Waals surface area contributed by atoms with Gasteiger partial charge in [-0.15, -0.1) is 0 Å². The van der Waals surface area contributed by atoms with Crippen molar-refractivity contribution in [3.05, 3.63) is 11.5 Å². The molecule has 2 N–H and O–H groups in total. The molecule has 0 bridgehead atoms. The summed E-state index contributed by atoms with van der Waals surface area (Å²) in [6, 6.07) is -1.19. The number of sulfonamides is 1. The van der Waals surface area contributed by atoms with Gasteiger partial charge in [-0.3, -0.25) is 4.79 Å². The van der Waals surface area contributed by atoms with Crippen LogP contribution in [0.5, 0.6) is 0 Å². The number of rotatable bonds is 5. The zero-order valence-electron chi connectivity index (χ0n) is 13.4. The third kappa shape index (κ3) is 3.26. The number of carboxylic acids is 1. The molecule has 0 aromatic carbocycles. The number of likely N-dealkylation sites (tertiary alicyclic amines) is 1. The number of hydrogen-bond acceptors (Lipinski definition) is 6. The Kier molecular flexibility index (Phi) is 4.68. The predicted octanol–water partition coefficient (Wildman–Crippen LogP) is -0.0166. The first kappa shape index (κ1) is 18.3. The number of carboxylic acid groups (broad SMARTS) is 1. The number of alkyl halides is 1. The highest BCUT2D eigenvalue weighted by atomic mass is 32.2. The first-order chi connectivity index (χ1) is 11.0. The first-order valence-electron chi connectivity index (χ1n) is 7.14. The van der Waals surface area contributed by atoms with Gasteiger partial charge >= 0.3 is 5.97 Å². The molecule has 0 aliphatic carbocycles. The van der Waals surface area contributed by atoms with Crippen LogP contribution < -0.4 is 4.72 Å². The zero-order chi connectivity index (χ0) is 18.3. The van der Waals surface area contributed by atoms with E-state index in [1.807, 2.05) is 0 Å². The summed E-state index contributed by atoms with van der Waals surface area (Å²) in [6.07, 6.45) is -0.336. The largest absolute Gasteiger partial charge is 0.479 e. The third-order valence-electron chi connectivity index (χ3n) is 3.85. The molecule has 11 heteroatoms. The van der Waals surface area contributed by atoms with Crippen molar-refractivity contribution in [1.29, 1.82) is 0 Å². The van der Waals surface area contributed by atoms with E-state index in [4.69, 9.17) is 9.63 Å². The van der Waals surface area contributed by atoms with Crippen LogP contribution in [0.1, 0.15) is 24.8 Å². The first-order valence-corrected chi connectivity index (χ1v) is 8.62. The van der Waals surface area contributed by atoms with Crippen molar-refractivity contribution < 1.29 is 32.0 Å². The lowest BCUT2D eigenvalue weighted by atomic mass is 10.1. The van der Waals surface area contributed by atoms with Crippen LogP contribution in [0.2, 0.25) is 0 Å². The molecule has 1 aromatic rings. The minimum atomic E-state index is -4.06. The molecule has 1 amide bonds. The number of nitrogens with one attached hydrogen (secondary N) is 1. The van der Waals surface area contributed by atoms with E-state index in [9.17, 15) is 22.4 Å². The van der Waals surface area contributed by atoms with E-state index in [0.717, 1.165) is 4.90 Å². The maximum Gasteiger partial charge on any atom is 0.343 e. The Bertz CT molecular complexity index is 757. The van der Waals surface area contributed by atoms with Crippen molar-refractivity contribution >= 4 is 21.9 Å². The zero-order valence-corrected chi connectivity index (χ0v) is 14.2. The molecule has 1 fully saturated rings. The molecule has 24 heavy (non-hydrogen) atoms.